The molecular weight excluding hydrogens is 658 g/mol. The average Bonchev–Trinajstić information content (AvgIpc) is 2.23. The first-order chi connectivity index (χ1) is 8.49. The van der Waals surface area contributed by atoms with E-state index in [1.807, 2.05) is 0 Å². The zero-order valence-corrected chi connectivity index (χ0v) is 44.9. The molecule has 0 aliphatic rings. The van der Waals surface area contributed by atoms with Crippen LogP contribution in [0.4, 0.5) is 0 Å². The van der Waals surface area contributed by atoms with Crippen LogP contribution in [0.25, 0.3) is 0 Å². The molecule has 0 rings (SSSR count). The van der Waals surface area contributed by atoms with Crippen molar-refractivity contribution in [2.45, 2.75) is 0 Å². The molecule has 0 bridgehead atoms. The summed E-state index contributed by atoms with van der Waals surface area (Å²) in [7, 11) is 0. The van der Waals surface area contributed by atoms with Gasteiger partial charge in [-0.3, -0.25) is 0 Å². The molecule has 0 spiro atoms. The van der Waals surface area contributed by atoms with E-state index in [1.54, 1.807) is 0 Å². The monoisotopic (exact) mass is 672 g/mol. The molecule has 0 heterocycles. The van der Waals surface area contributed by atoms with Crippen molar-refractivity contribution in [2.24, 2.45) is 0 Å². The zero-order valence-electron chi connectivity index (χ0n) is 29.4. The van der Waals surface area contributed by atoms with Gasteiger partial charge in [0, 0.05) is 0 Å². The van der Waals surface area contributed by atoms with E-state index in [9.17, 15) is 0 Å². The first-order valence-corrected chi connectivity index (χ1v) is 5.82. The third-order valence-corrected chi connectivity index (χ3v) is 0. The first-order valence-electron chi connectivity index (χ1n) is 1.94. The summed E-state index contributed by atoms with van der Waals surface area (Å²) in [6, 6.07) is 0. The molecule has 29 heavy (non-hydrogen) atoms. The van der Waals surface area contributed by atoms with Crippen molar-refractivity contribution in [3.05, 3.63) is 0 Å². The molecule has 142 valence electrons. The molecule has 12 nitrogen and oxygen atoms in total. The molecule has 0 aliphatic carbocycles. The molecule has 0 aromatic heterocycles. The van der Waals surface area contributed by atoms with Crippen molar-refractivity contribution in [2.75, 3.05) is 0 Å². The van der Waals surface area contributed by atoms with Crippen LogP contribution < -0.4 is 353 Å². The van der Waals surface area contributed by atoms with Gasteiger partial charge in [-0.1, -0.05) is 0 Å². The van der Waals surface area contributed by atoms with Gasteiger partial charge in [0.05, 0.1) is 0 Å². The number of hydrogen-bond donors (Lipinski definition) is 6. The zero-order chi connectivity index (χ0) is 16.2. The maximum absolute atomic E-state index is 8.35. The molecule has 0 amide bonds. The van der Waals surface area contributed by atoms with Crippen LogP contribution in [0.15, 0.2) is 0 Å². The molecule has 0 saturated carbocycles. The Balaban J connectivity index is -0.00000000150. The van der Waals surface area contributed by atoms with Crippen molar-refractivity contribution >= 4 is 0 Å². The minimum absolute atomic E-state index is 0. The Hall–Kier alpha value is 12.3. The normalized spacial score (nSPS) is 3.72. The summed E-state index contributed by atoms with van der Waals surface area (Å²) >= 11 is -1.00. The predicted octanol–water partition coefficient (Wildman–Crippen LogP) is -42.2. The molecule has 0 aromatic rings. The topological polar surface area (TPSA) is 260 Å². The van der Waals surface area contributed by atoms with Crippen LogP contribution >= 0.6 is 0 Å². The van der Waals surface area contributed by atoms with E-state index in [4.69, 9.17) is 55.9 Å². The average molecular weight is 675 g/mol. The quantitative estimate of drug-likeness (QED) is 0.131. The standard InChI is InChI=1S/6ClHO2.11Na.11H/c6*2-1-3;;;;;;;;;;;;;;;;;;;;;;/h6*2H;;;;;;;;;;;;;;;;;;;;;;/q;;;;;;11*+1;11*-1. The molecule has 0 radical (unpaired) electrons. The molecule has 0 aromatic carbocycles. The van der Waals surface area contributed by atoms with Gasteiger partial charge in [-0.15, -0.1) is 28.0 Å². The second-order valence-corrected chi connectivity index (χ2v) is 1.24. The van der Waals surface area contributed by atoms with Crippen LogP contribution in [0.3, 0.4) is 0 Å². The first kappa shape index (κ1) is 114. The van der Waals surface area contributed by atoms with Crippen molar-refractivity contribution in [1.82, 2.24) is 0 Å². The number of halogens is 6. The van der Waals surface area contributed by atoms with Crippen molar-refractivity contribution in [3.8, 4) is 0 Å². The van der Waals surface area contributed by atoms with E-state index in [1.165, 1.54) is 0 Å². The van der Waals surface area contributed by atoms with E-state index >= 15 is 0 Å². The summed E-state index contributed by atoms with van der Waals surface area (Å²) < 4.78 is 91.3. The summed E-state index contributed by atoms with van der Waals surface area (Å²) in [5, 5.41) is 0. The van der Waals surface area contributed by atoms with Gasteiger partial charge in [0.15, 0.2) is 0 Å². The Morgan fingerprint density at radius 3 is 0.276 bits per heavy atom. The van der Waals surface area contributed by atoms with Crippen LogP contribution in [0.2, 0.25) is 0 Å². The fraction of sp³-hybridized carbons (Fsp3) is 0. The minimum Gasteiger partial charge on any atom is -1.00 e. The van der Waals surface area contributed by atoms with Gasteiger partial charge >= 0.3 is 393 Å². The van der Waals surface area contributed by atoms with E-state index < -0.39 is 0 Å². The van der Waals surface area contributed by atoms with E-state index in [0.29, 0.717) is 0 Å². The Kier molecular flexibility index (Phi) is 729. The third-order valence-electron chi connectivity index (χ3n) is 0. The van der Waals surface area contributed by atoms with Crippen molar-refractivity contribution in [1.29, 1.82) is 0 Å². The minimum atomic E-state index is -0.167. The van der Waals surface area contributed by atoms with Gasteiger partial charge in [0.1, 0.15) is 0 Å². The summed E-state index contributed by atoms with van der Waals surface area (Å²) in [5.41, 5.74) is 0. The van der Waals surface area contributed by atoms with Crippen molar-refractivity contribution < 1.29 is 465 Å². The molecular formula is H17Cl6Na11O12. The Morgan fingerprint density at radius 2 is 0.276 bits per heavy atom. The Morgan fingerprint density at radius 1 is 0.276 bits per heavy atom. The van der Waals surface area contributed by atoms with Crippen LogP contribution in [0.5, 0.6) is 0 Å². The van der Waals surface area contributed by atoms with Gasteiger partial charge in [-0.05, 0) is 0 Å². The van der Waals surface area contributed by atoms with Gasteiger partial charge in [-0.2, -0.15) is 0 Å². The maximum atomic E-state index is 8.35. The smallest absolute Gasteiger partial charge is 1.00 e. The molecule has 0 aliphatic heterocycles. The predicted molar refractivity (Wildman–Crippen MR) is 25.5 cm³/mol. The fourth-order valence-electron chi connectivity index (χ4n) is 0. The van der Waals surface area contributed by atoms with Gasteiger partial charge < -0.3 is 43.6 Å². The van der Waals surface area contributed by atoms with Gasteiger partial charge in [-0.25, -0.2) is 0 Å². The second-order valence-electron chi connectivity index (χ2n) is 0.414. The molecule has 0 atom stereocenters. The Labute approximate surface area is 453 Å². The van der Waals surface area contributed by atoms with Gasteiger partial charge in [0.25, 0.3) is 0 Å². The Bertz CT molecular complexity index is 93.8. The molecule has 29 heteroatoms. The maximum Gasteiger partial charge on any atom is 1.00 e. The largest absolute Gasteiger partial charge is 1.00 e. The molecule has 0 unspecified atom stereocenters. The number of rotatable bonds is 0. The van der Waals surface area contributed by atoms with Crippen LogP contribution in [0, 0.1) is 68.0 Å². The van der Waals surface area contributed by atoms with E-state index in [-0.39, 0.29) is 409 Å². The summed E-state index contributed by atoms with van der Waals surface area (Å²) in [5.74, 6) is 0. The second kappa shape index (κ2) is 186. The van der Waals surface area contributed by atoms with Crippen LogP contribution in [-0.2, 0) is 0 Å². The third kappa shape index (κ3) is 392. The SMILES string of the molecule is [H-].[H-].[H-].[H-].[H-].[H-].[H-].[H-].[H-].[H-].[H-].[Na+].[Na+].[Na+].[Na+].[Na+].[Na+].[Na+].[Na+].[Na+].[Na+].[Na+].[O-][Cl+]O.[O-][Cl+]O.[O-][Cl+]O.[O-][Cl+]O.[O-][Cl+]O.[O-][Cl+]O. The molecule has 0 fully saturated rings. The van der Waals surface area contributed by atoms with Gasteiger partial charge in [0.2, 0.25) is 0 Å². The van der Waals surface area contributed by atoms with E-state index in [2.05, 4.69) is 0 Å². The van der Waals surface area contributed by atoms with Crippen molar-refractivity contribution in [3.63, 3.8) is 0 Å². The number of hydrogen-bond acceptors (Lipinski definition) is 12. The van der Waals surface area contributed by atoms with E-state index in [0.717, 1.165) is 0 Å². The summed E-state index contributed by atoms with van der Waals surface area (Å²) in [4.78, 5) is 0. The summed E-state index contributed by atoms with van der Waals surface area (Å²) in [6.45, 7) is 0. The molecule has 0 saturated heterocycles. The fourth-order valence-corrected chi connectivity index (χ4v) is 0. The van der Waals surface area contributed by atoms with Crippen LogP contribution in [0.1, 0.15) is 15.7 Å². The molecule has 6 N–H and O–H groups in total. The van der Waals surface area contributed by atoms with Crippen LogP contribution in [-0.4, -0.2) is 28.0 Å². The summed E-state index contributed by atoms with van der Waals surface area (Å²) in [6.07, 6.45) is 0.